The van der Waals surface area contributed by atoms with Crippen molar-refractivity contribution in [1.82, 2.24) is 9.47 Å². The van der Waals surface area contributed by atoms with Gasteiger partial charge in [0.25, 0.3) is 0 Å². The zero-order valence-electron chi connectivity index (χ0n) is 18.3. The first-order chi connectivity index (χ1) is 16.0. The highest BCUT2D eigenvalue weighted by Crippen LogP contribution is 2.44. The number of aromatic carboxylic acids is 1. The van der Waals surface area contributed by atoms with E-state index in [1.807, 2.05) is 46.7 Å². The lowest BCUT2D eigenvalue weighted by Crippen LogP contribution is -2.42. The Labute approximate surface area is 195 Å². The SMILES string of the molecule is Cc1ccc(-c2c(-c3ccccc3)c3sc(C(=O)O)cc3n2CC(=O)N2CCOCC2)cc1. The normalized spacial score (nSPS) is 14.0. The largest absolute Gasteiger partial charge is 0.477 e. The number of nitrogens with zero attached hydrogens (tertiary/aromatic N) is 2. The Morgan fingerprint density at radius 1 is 1.00 bits per heavy atom. The average molecular weight is 461 g/mol. The molecule has 0 radical (unpaired) electrons. The summed E-state index contributed by atoms with van der Waals surface area (Å²) in [6.45, 7) is 4.39. The van der Waals surface area contributed by atoms with Crippen molar-refractivity contribution in [3.05, 3.63) is 71.1 Å². The maximum atomic E-state index is 13.3. The van der Waals surface area contributed by atoms with Crippen molar-refractivity contribution in [2.45, 2.75) is 13.5 Å². The van der Waals surface area contributed by atoms with Gasteiger partial charge >= 0.3 is 5.97 Å². The number of carbonyl (C=O) groups excluding carboxylic acids is 1. The van der Waals surface area contributed by atoms with Crippen LogP contribution in [0.5, 0.6) is 0 Å². The smallest absolute Gasteiger partial charge is 0.345 e. The molecule has 0 atom stereocenters. The molecule has 1 amide bonds. The van der Waals surface area contributed by atoms with Gasteiger partial charge in [-0.3, -0.25) is 4.79 Å². The number of rotatable bonds is 5. The maximum absolute atomic E-state index is 13.3. The Bertz CT molecular complexity index is 1320. The Morgan fingerprint density at radius 2 is 1.70 bits per heavy atom. The summed E-state index contributed by atoms with van der Waals surface area (Å²) in [6.07, 6.45) is 0. The molecule has 0 aliphatic carbocycles. The minimum absolute atomic E-state index is 0.00579. The van der Waals surface area contributed by atoms with Crippen LogP contribution in [0.3, 0.4) is 0 Å². The summed E-state index contributed by atoms with van der Waals surface area (Å²) in [6, 6.07) is 19.9. The van der Waals surface area contributed by atoms with Crippen molar-refractivity contribution < 1.29 is 19.4 Å². The molecular formula is C26H24N2O4S. The van der Waals surface area contributed by atoms with E-state index in [0.717, 1.165) is 38.2 Å². The van der Waals surface area contributed by atoms with Gasteiger partial charge in [-0.15, -0.1) is 11.3 Å². The summed E-state index contributed by atoms with van der Waals surface area (Å²) in [5.74, 6) is -0.954. The van der Waals surface area contributed by atoms with Crippen molar-refractivity contribution in [3.8, 4) is 22.4 Å². The summed E-state index contributed by atoms with van der Waals surface area (Å²) in [5, 5.41) is 9.67. The van der Waals surface area contributed by atoms with Crippen LogP contribution in [-0.4, -0.2) is 52.8 Å². The molecule has 2 aromatic heterocycles. The number of hydrogen-bond acceptors (Lipinski definition) is 4. The predicted octanol–water partition coefficient (Wildman–Crippen LogP) is 4.90. The van der Waals surface area contributed by atoms with Gasteiger partial charge in [-0.05, 0) is 24.1 Å². The highest BCUT2D eigenvalue weighted by Gasteiger charge is 2.26. The van der Waals surface area contributed by atoms with E-state index in [2.05, 4.69) is 24.3 Å². The topological polar surface area (TPSA) is 71.8 Å². The predicted molar refractivity (Wildman–Crippen MR) is 130 cm³/mol. The third kappa shape index (κ3) is 4.05. The third-order valence-corrected chi connectivity index (χ3v) is 7.12. The van der Waals surface area contributed by atoms with Crippen LogP contribution in [0.1, 0.15) is 15.2 Å². The van der Waals surface area contributed by atoms with Crippen molar-refractivity contribution in [2.24, 2.45) is 0 Å². The minimum Gasteiger partial charge on any atom is -0.477 e. The average Bonchev–Trinajstić information content (AvgIpc) is 3.39. The standard InChI is InChI=1S/C26H24N2O4S/c1-17-7-9-19(10-8-17)24-23(18-5-3-2-4-6-18)25-20(15-21(33-25)26(30)31)28(24)16-22(29)27-11-13-32-14-12-27/h2-10,15H,11-14,16H2,1H3,(H,30,31). The number of benzene rings is 2. The van der Waals surface area contributed by atoms with Gasteiger partial charge in [0.05, 0.1) is 29.1 Å². The van der Waals surface area contributed by atoms with Gasteiger partial charge < -0.3 is 19.3 Å². The van der Waals surface area contributed by atoms with Crippen molar-refractivity contribution >= 4 is 33.4 Å². The van der Waals surface area contributed by atoms with Crippen LogP contribution in [0.2, 0.25) is 0 Å². The Kier molecular flexibility index (Phi) is 5.74. The van der Waals surface area contributed by atoms with E-state index in [0.29, 0.717) is 26.3 Å². The van der Waals surface area contributed by atoms with Gasteiger partial charge in [0.1, 0.15) is 11.4 Å². The number of aryl methyl sites for hydroxylation is 1. The molecule has 5 rings (SSSR count). The number of carboxylic acids is 1. The zero-order valence-corrected chi connectivity index (χ0v) is 19.1. The van der Waals surface area contributed by atoms with Crippen LogP contribution < -0.4 is 0 Å². The van der Waals surface area contributed by atoms with Crippen molar-refractivity contribution in [2.75, 3.05) is 26.3 Å². The van der Waals surface area contributed by atoms with Gasteiger partial charge in [0.2, 0.25) is 5.91 Å². The van der Waals surface area contributed by atoms with E-state index in [1.54, 1.807) is 6.07 Å². The minimum atomic E-state index is -0.960. The maximum Gasteiger partial charge on any atom is 0.345 e. The van der Waals surface area contributed by atoms with E-state index in [4.69, 9.17) is 4.74 Å². The molecule has 0 unspecified atom stereocenters. The second kappa shape index (κ2) is 8.84. The monoisotopic (exact) mass is 460 g/mol. The van der Waals surface area contributed by atoms with E-state index in [9.17, 15) is 14.7 Å². The van der Waals surface area contributed by atoms with Crippen LogP contribution in [0.15, 0.2) is 60.7 Å². The quantitative estimate of drug-likeness (QED) is 0.460. The Balaban J connectivity index is 1.75. The first-order valence-electron chi connectivity index (χ1n) is 10.9. The van der Waals surface area contributed by atoms with E-state index in [-0.39, 0.29) is 17.3 Å². The number of ether oxygens (including phenoxy) is 1. The molecule has 168 valence electrons. The molecule has 6 nitrogen and oxygen atoms in total. The molecule has 1 saturated heterocycles. The molecule has 3 heterocycles. The molecule has 1 N–H and O–H groups in total. The second-order valence-electron chi connectivity index (χ2n) is 8.17. The van der Waals surface area contributed by atoms with Crippen molar-refractivity contribution in [1.29, 1.82) is 0 Å². The van der Waals surface area contributed by atoms with Gasteiger partial charge in [-0.2, -0.15) is 0 Å². The Morgan fingerprint density at radius 3 is 2.36 bits per heavy atom. The number of aromatic nitrogens is 1. The second-order valence-corrected chi connectivity index (χ2v) is 9.22. The first-order valence-corrected chi connectivity index (χ1v) is 11.7. The first kappa shape index (κ1) is 21.4. The zero-order chi connectivity index (χ0) is 22.9. The van der Waals surface area contributed by atoms with Gasteiger partial charge in [-0.25, -0.2) is 4.79 Å². The summed E-state index contributed by atoms with van der Waals surface area (Å²) in [4.78, 5) is 27.2. The molecule has 1 aliphatic heterocycles. The molecule has 0 spiro atoms. The van der Waals surface area contributed by atoms with Gasteiger partial charge in [-0.1, -0.05) is 60.2 Å². The highest BCUT2D eigenvalue weighted by atomic mass is 32.1. The summed E-state index contributed by atoms with van der Waals surface area (Å²) in [7, 11) is 0. The Hall–Kier alpha value is -3.42. The third-order valence-electron chi connectivity index (χ3n) is 5.99. The van der Waals surface area contributed by atoms with E-state index < -0.39 is 5.97 Å². The number of thiophene rings is 1. The number of amides is 1. The number of carboxylic acid groups (broad SMARTS) is 1. The van der Waals surface area contributed by atoms with E-state index >= 15 is 0 Å². The molecule has 1 aliphatic rings. The van der Waals surface area contributed by atoms with Crippen LogP contribution in [0, 0.1) is 6.92 Å². The lowest BCUT2D eigenvalue weighted by molar-refractivity contribution is -0.135. The highest BCUT2D eigenvalue weighted by molar-refractivity contribution is 7.21. The number of hydrogen-bond donors (Lipinski definition) is 1. The van der Waals surface area contributed by atoms with Gasteiger partial charge in [0.15, 0.2) is 0 Å². The molecule has 2 aromatic carbocycles. The molecule has 33 heavy (non-hydrogen) atoms. The molecular weight excluding hydrogens is 436 g/mol. The van der Waals surface area contributed by atoms with Crippen LogP contribution in [-0.2, 0) is 16.1 Å². The summed E-state index contributed by atoms with van der Waals surface area (Å²) in [5.41, 5.74) is 5.80. The van der Waals surface area contributed by atoms with Crippen molar-refractivity contribution in [3.63, 3.8) is 0 Å². The van der Waals surface area contributed by atoms with Gasteiger partial charge in [0, 0.05) is 18.7 Å². The number of morpholine rings is 1. The number of carbonyl (C=O) groups is 2. The van der Waals surface area contributed by atoms with Crippen LogP contribution >= 0.6 is 11.3 Å². The fourth-order valence-electron chi connectivity index (χ4n) is 4.33. The van der Waals surface area contributed by atoms with E-state index in [1.165, 1.54) is 11.3 Å². The molecule has 1 fully saturated rings. The fourth-order valence-corrected chi connectivity index (χ4v) is 5.39. The lowest BCUT2D eigenvalue weighted by atomic mass is 10.0. The lowest BCUT2D eigenvalue weighted by Gasteiger charge is -2.27. The molecule has 7 heteroatoms. The molecule has 4 aromatic rings. The number of fused-ring (bicyclic) bond motifs is 1. The summed E-state index contributed by atoms with van der Waals surface area (Å²) < 4.78 is 8.27. The fraction of sp³-hybridized carbons (Fsp3) is 0.231. The molecule has 0 saturated carbocycles. The van der Waals surface area contributed by atoms with Crippen LogP contribution in [0.4, 0.5) is 0 Å². The van der Waals surface area contributed by atoms with Crippen LogP contribution in [0.25, 0.3) is 32.6 Å². The summed E-state index contributed by atoms with van der Waals surface area (Å²) >= 11 is 1.26. The molecule has 0 bridgehead atoms.